The number of rotatable bonds is 5. The van der Waals surface area contributed by atoms with Crippen molar-refractivity contribution in [3.05, 3.63) is 41.6 Å². The van der Waals surface area contributed by atoms with Gasteiger partial charge in [0, 0.05) is 5.56 Å². The zero-order chi connectivity index (χ0) is 17.5. The minimum absolute atomic E-state index is 0.0373. The molecular formula is C17H20FN3O2S. The van der Waals surface area contributed by atoms with E-state index in [1.807, 2.05) is 20.8 Å². The third-order valence-electron chi connectivity index (χ3n) is 4.16. The van der Waals surface area contributed by atoms with E-state index in [1.165, 1.54) is 18.5 Å². The lowest BCUT2D eigenvalue weighted by Crippen LogP contribution is -2.08. The van der Waals surface area contributed by atoms with Gasteiger partial charge in [-0.25, -0.2) is 22.8 Å². The van der Waals surface area contributed by atoms with E-state index in [0.29, 0.717) is 18.7 Å². The predicted molar refractivity (Wildman–Crippen MR) is 90.7 cm³/mol. The Hall–Kier alpha value is -2.02. The summed E-state index contributed by atoms with van der Waals surface area (Å²) in [5.41, 5.74) is 1.93. The number of anilines is 2. The van der Waals surface area contributed by atoms with Crippen LogP contribution < -0.4 is 5.32 Å². The van der Waals surface area contributed by atoms with Crippen LogP contribution in [0.2, 0.25) is 0 Å². The van der Waals surface area contributed by atoms with Crippen molar-refractivity contribution in [1.82, 2.24) is 9.97 Å². The van der Waals surface area contributed by atoms with E-state index >= 15 is 0 Å². The zero-order valence-electron chi connectivity index (χ0n) is 13.9. The second-order valence-electron chi connectivity index (χ2n) is 6.40. The van der Waals surface area contributed by atoms with Crippen molar-refractivity contribution in [3.8, 4) is 0 Å². The summed E-state index contributed by atoms with van der Waals surface area (Å²) in [6.45, 7) is 5.93. The van der Waals surface area contributed by atoms with Gasteiger partial charge in [-0.2, -0.15) is 0 Å². The monoisotopic (exact) mass is 349 g/mol. The van der Waals surface area contributed by atoms with E-state index in [2.05, 4.69) is 15.3 Å². The molecule has 0 bridgehead atoms. The highest BCUT2D eigenvalue weighted by atomic mass is 32.2. The Kier molecular flexibility index (Phi) is 4.29. The van der Waals surface area contributed by atoms with Crippen LogP contribution in [-0.2, 0) is 9.84 Å². The molecule has 1 N–H and O–H groups in total. The number of halogens is 1. The molecule has 1 saturated carbocycles. The van der Waals surface area contributed by atoms with E-state index in [1.54, 1.807) is 0 Å². The van der Waals surface area contributed by atoms with Gasteiger partial charge in [-0.15, -0.1) is 0 Å². The van der Waals surface area contributed by atoms with Crippen LogP contribution >= 0.6 is 0 Å². The van der Waals surface area contributed by atoms with E-state index < -0.39 is 15.7 Å². The maximum Gasteiger partial charge on any atom is 0.181 e. The van der Waals surface area contributed by atoms with Gasteiger partial charge in [0.05, 0.1) is 21.5 Å². The van der Waals surface area contributed by atoms with Crippen molar-refractivity contribution in [3.63, 3.8) is 0 Å². The largest absolute Gasteiger partial charge is 0.338 e. The number of nitrogens with one attached hydrogen (secondary N) is 1. The first-order valence-electron chi connectivity index (χ1n) is 7.92. The smallest absolute Gasteiger partial charge is 0.181 e. The molecule has 0 spiro atoms. The Morgan fingerprint density at radius 1 is 1.25 bits per heavy atom. The van der Waals surface area contributed by atoms with Crippen LogP contribution in [-0.4, -0.2) is 23.6 Å². The first kappa shape index (κ1) is 16.8. The van der Waals surface area contributed by atoms with Gasteiger partial charge in [-0.3, -0.25) is 0 Å². The first-order chi connectivity index (χ1) is 11.3. The summed E-state index contributed by atoms with van der Waals surface area (Å²) in [4.78, 5) is 8.45. The summed E-state index contributed by atoms with van der Waals surface area (Å²) < 4.78 is 38.7. The second-order valence-corrected chi connectivity index (χ2v) is 8.63. The Morgan fingerprint density at radius 2 is 1.96 bits per heavy atom. The quantitative estimate of drug-likeness (QED) is 0.890. The van der Waals surface area contributed by atoms with Crippen LogP contribution in [0.4, 0.5) is 15.9 Å². The van der Waals surface area contributed by atoms with E-state index in [9.17, 15) is 12.8 Å². The molecule has 24 heavy (non-hydrogen) atoms. The zero-order valence-corrected chi connectivity index (χ0v) is 14.7. The number of aromatic nitrogens is 2. The van der Waals surface area contributed by atoms with Crippen LogP contribution in [0.5, 0.6) is 0 Å². The average molecular weight is 349 g/mol. The Labute approximate surface area is 141 Å². The van der Waals surface area contributed by atoms with Crippen LogP contribution in [0.15, 0.2) is 29.4 Å². The molecule has 1 aromatic carbocycles. The summed E-state index contributed by atoms with van der Waals surface area (Å²) in [5, 5.41) is 2.59. The number of sulfone groups is 1. The molecule has 0 unspecified atom stereocenters. The molecule has 3 rings (SSSR count). The summed E-state index contributed by atoms with van der Waals surface area (Å²) in [6.07, 6.45) is 2.75. The SMILES string of the molecule is Cc1c(Nc2ccc(S(=O)(=O)C3CC3)cc2F)ncnc1C(C)C. The Morgan fingerprint density at radius 3 is 2.54 bits per heavy atom. The third kappa shape index (κ3) is 3.13. The van der Waals surface area contributed by atoms with Crippen LogP contribution in [0, 0.1) is 12.7 Å². The molecule has 0 radical (unpaired) electrons. The van der Waals surface area contributed by atoms with Crippen molar-refractivity contribution in [2.24, 2.45) is 0 Å². The third-order valence-corrected chi connectivity index (χ3v) is 6.42. The molecule has 1 fully saturated rings. The Balaban J connectivity index is 1.90. The van der Waals surface area contributed by atoms with E-state index in [4.69, 9.17) is 0 Å². The van der Waals surface area contributed by atoms with Crippen molar-refractivity contribution in [1.29, 1.82) is 0 Å². The molecule has 5 nitrogen and oxygen atoms in total. The lowest BCUT2D eigenvalue weighted by atomic mass is 10.1. The Bertz CT molecular complexity index is 877. The van der Waals surface area contributed by atoms with Gasteiger partial charge < -0.3 is 5.32 Å². The van der Waals surface area contributed by atoms with Crippen molar-refractivity contribution in [2.75, 3.05) is 5.32 Å². The van der Waals surface area contributed by atoms with Crippen molar-refractivity contribution in [2.45, 2.75) is 49.7 Å². The number of nitrogens with zero attached hydrogens (tertiary/aromatic N) is 2. The number of benzene rings is 1. The summed E-state index contributed by atoms with van der Waals surface area (Å²) in [5.74, 6) is 0.135. The average Bonchev–Trinajstić information content (AvgIpc) is 3.36. The molecule has 2 aromatic rings. The fourth-order valence-corrected chi connectivity index (χ4v) is 4.31. The molecule has 0 saturated heterocycles. The molecule has 1 aliphatic rings. The van der Waals surface area contributed by atoms with Gasteiger partial charge in [-0.05, 0) is 43.9 Å². The van der Waals surface area contributed by atoms with E-state index in [0.717, 1.165) is 17.3 Å². The van der Waals surface area contributed by atoms with Gasteiger partial charge in [0.1, 0.15) is 18.0 Å². The lowest BCUT2D eigenvalue weighted by Gasteiger charge is -2.14. The molecule has 7 heteroatoms. The lowest BCUT2D eigenvalue weighted by molar-refractivity contribution is 0.590. The maximum absolute atomic E-state index is 14.4. The highest BCUT2D eigenvalue weighted by Crippen LogP contribution is 2.35. The summed E-state index contributed by atoms with van der Waals surface area (Å²) in [6, 6.07) is 3.97. The summed E-state index contributed by atoms with van der Waals surface area (Å²) >= 11 is 0. The molecule has 128 valence electrons. The first-order valence-corrected chi connectivity index (χ1v) is 9.47. The van der Waals surface area contributed by atoms with Crippen molar-refractivity contribution < 1.29 is 12.8 Å². The maximum atomic E-state index is 14.4. The topological polar surface area (TPSA) is 72.0 Å². The molecule has 1 aliphatic carbocycles. The highest BCUT2D eigenvalue weighted by molar-refractivity contribution is 7.92. The van der Waals surface area contributed by atoms with E-state index in [-0.39, 0.29) is 21.8 Å². The minimum atomic E-state index is -3.40. The van der Waals surface area contributed by atoms with Gasteiger partial charge in [0.25, 0.3) is 0 Å². The molecule has 0 aliphatic heterocycles. The van der Waals surface area contributed by atoms with Gasteiger partial charge in [0.15, 0.2) is 9.84 Å². The second kappa shape index (κ2) is 6.12. The number of hydrogen-bond donors (Lipinski definition) is 1. The molecular weight excluding hydrogens is 329 g/mol. The van der Waals surface area contributed by atoms with Crippen LogP contribution in [0.1, 0.15) is 43.9 Å². The van der Waals surface area contributed by atoms with Crippen molar-refractivity contribution >= 4 is 21.3 Å². The normalized spacial score (nSPS) is 14.9. The minimum Gasteiger partial charge on any atom is -0.338 e. The van der Waals surface area contributed by atoms with Crippen LogP contribution in [0.3, 0.4) is 0 Å². The standard InChI is InChI=1S/C17H20FN3O2S/c1-10(2)16-11(3)17(20-9-19-16)21-15-7-6-13(8-14(15)18)24(22,23)12-4-5-12/h6-10,12H,4-5H2,1-3H3,(H,19,20,21). The highest BCUT2D eigenvalue weighted by Gasteiger charge is 2.37. The van der Waals surface area contributed by atoms with Gasteiger partial charge in [0.2, 0.25) is 0 Å². The van der Waals surface area contributed by atoms with Gasteiger partial charge >= 0.3 is 0 Å². The fraction of sp³-hybridized carbons (Fsp3) is 0.412. The van der Waals surface area contributed by atoms with Gasteiger partial charge in [-0.1, -0.05) is 13.8 Å². The molecule has 1 heterocycles. The summed E-state index contributed by atoms with van der Waals surface area (Å²) in [7, 11) is -3.40. The fourth-order valence-electron chi connectivity index (χ4n) is 2.64. The van der Waals surface area contributed by atoms with Crippen LogP contribution in [0.25, 0.3) is 0 Å². The molecule has 1 aromatic heterocycles. The molecule has 0 amide bonds. The number of hydrogen-bond acceptors (Lipinski definition) is 5. The molecule has 0 atom stereocenters. The predicted octanol–water partition coefficient (Wildman–Crippen LogP) is 3.73.